The average molecular weight is 994 g/mol. The molecule has 1 aliphatic carbocycles. The van der Waals surface area contributed by atoms with Gasteiger partial charge in [-0.15, -0.1) is 11.3 Å². The van der Waals surface area contributed by atoms with Crippen LogP contribution in [-0.4, -0.2) is 137 Å². The number of thiazole rings is 1. The summed E-state index contributed by atoms with van der Waals surface area (Å²) in [4.78, 5) is 57.0. The molecule has 5 atom stereocenters. The summed E-state index contributed by atoms with van der Waals surface area (Å²) in [6.07, 6.45) is 9.17. The Morgan fingerprint density at radius 2 is 1.87 bits per heavy atom. The van der Waals surface area contributed by atoms with Gasteiger partial charge < -0.3 is 38.3 Å². The lowest BCUT2D eigenvalue weighted by molar-refractivity contribution is -0.184. The average Bonchev–Trinajstić information content (AvgIpc) is 4.10. The number of cyclic esters (lactones) is 1. The standard InChI is InChI=1S/C54H71N7O9S/c1-33(65-6)43-37(11-9-18-55-43)45-39-26-51(3,4)32-68-49(63)40-12-10-19-61(58-40)48(62)44(57-50(64)54-28-52(5,29-54)34(2)70-54)46(59-30-53(31-59)17-7-8-21-69-53)47-56-41(27-71-47)35-13-14-42(38(39)25-35)60(45)20-24-67-36-15-22-66-23-16-36/h9,11,13-14,18,25,27,33-34,36,40,44,46,58H,7-8,10,12,15-17,19-24,26,28-32H2,1-6H3,(H,57,64)/t33-,34+,40-,44-,46-,52?,54?/m0/s1. The number of nitrogens with one attached hydrogen (secondary N) is 2. The molecule has 7 aliphatic heterocycles. The maximum absolute atomic E-state index is 15.4. The number of rotatable bonds is 10. The van der Waals surface area contributed by atoms with Crippen LogP contribution < -0.4 is 10.7 Å². The summed E-state index contributed by atoms with van der Waals surface area (Å²) in [5.41, 5.74) is 8.01. The van der Waals surface area contributed by atoms with Gasteiger partial charge in [0.15, 0.2) is 0 Å². The number of hydrogen-bond donors (Lipinski definition) is 2. The van der Waals surface area contributed by atoms with E-state index in [0.29, 0.717) is 89.7 Å². The molecule has 71 heavy (non-hydrogen) atoms. The molecule has 16 nitrogen and oxygen atoms in total. The second-order valence-corrected chi connectivity index (χ2v) is 23.5. The monoisotopic (exact) mass is 994 g/mol. The molecule has 1 spiro atoms. The van der Waals surface area contributed by atoms with Crippen LogP contribution in [-0.2, 0) is 55.8 Å². The number of fused-ring (bicyclic) bond motifs is 7. The second-order valence-electron chi connectivity index (χ2n) is 22.6. The summed E-state index contributed by atoms with van der Waals surface area (Å²) < 4.78 is 39.7. The Morgan fingerprint density at radius 3 is 2.62 bits per heavy atom. The van der Waals surface area contributed by atoms with Crippen LogP contribution >= 0.6 is 11.3 Å². The van der Waals surface area contributed by atoms with E-state index in [2.05, 4.69) is 70.6 Å². The van der Waals surface area contributed by atoms with Gasteiger partial charge in [0.2, 0.25) is 0 Å². The van der Waals surface area contributed by atoms with E-state index in [4.69, 9.17) is 38.4 Å². The number of carbonyl (C=O) groups excluding carboxylic acids is 3. The van der Waals surface area contributed by atoms with Gasteiger partial charge in [0.1, 0.15) is 22.7 Å². The topological polar surface area (TPSA) is 168 Å². The minimum Gasteiger partial charge on any atom is -0.464 e. The third-order valence-corrected chi connectivity index (χ3v) is 17.7. The van der Waals surface area contributed by atoms with E-state index in [1.165, 1.54) is 16.3 Å². The molecule has 2 amide bonds. The van der Waals surface area contributed by atoms with Gasteiger partial charge in [0, 0.05) is 97.5 Å². The predicted octanol–water partition coefficient (Wildman–Crippen LogP) is 7.09. The van der Waals surface area contributed by atoms with E-state index in [1.807, 2.05) is 26.1 Å². The SMILES string of the molecule is CO[C@@H](C)c1ncccc1-c1c2c3cc(ccc3n1CCOC1CCOCC1)-c1csc(n1)[C@@H](N1CC3(CCCCO3)C1)[C@H](NC(=O)C13CC(C)(C1)[C@@H](C)O3)C(=O)N1CCC[C@H](N1)C(=O)OCC(C)(C)C2. The normalized spacial score (nSPS) is 30.4. The number of pyridine rings is 1. The molecular weight excluding hydrogens is 923 g/mol. The number of benzene rings is 1. The van der Waals surface area contributed by atoms with Crippen LogP contribution in [0.3, 0.4) is 0 Å². The molecule has 8 aliphatic rings. The largest absolute Gasteiger partial charge is 0.464 e. The highest BCUT2D eigenvalue weighted by molar-refractivity contribution is 7.10. The van der Waals surface area contributed by atoms with E-state index in [1.54, 1.807) is 7.11 Å². The lowest BCUT2D eigenvalue weighted by Crippen LogP contribution is -2.70. The molecule has 1 saturated carbocycles. The van der Waals surface area contributed by atoms with Gasteiger partial charge in [0.25, 0.3) is 11.8 Å². The summed E-state index contributed by atoms with van der Waals surface area (Å²) in [5.74, 6) is -1.03. The molecule has 1 aromatic carbocycles. The van der Waals surface area contributed by atoms with Crippen LogP contribution in [0.15, 0.2) is 41.9 Å². The van der Waals surface area contributed by atoms with Crippen LogP contribution in [0, 0.1) is 10.8 Å². The Morgan fingerprint density at radius 1 is 1.06 bits per heavy atom. The summed E-state index contributed by atoms with van der Waals surface area (Å²) >= 11 is 1.50. The minimum absolute atomic E-state index is 0.0812. The number of methoxy groups -OCH3 is 1. The fourth-order valence-corrected chi connectivity index (χ4v) is 13.7. The van der Waals surface area contributed by atoms with Crippen molar-refractivity contribution in [3.8, 4) is 22.5 Å². The maximum Gasteiger partial charge on any atom is 0.324 e. The van der Waals surface area contributed by atoms with Crippen molar-refractivity contribution in [2.45, 2.75) is 153 Å². The quantitative estimate of drug-likeness (QED) is 0.155. The molecule has 0 radical (unpaired) electrons. The second kappa shape index (κ2) is 19.2. The van der Waals surface area contributed by atoms with Crippen molar-refractivity contribution in [1.29, 1.82) is 0 Å². The highest BCUT2D eigenvalue weighted by Crippen LogP contribution is 2.61. The first-order valence-electron chi connectivity index (χ1n) is 26.1. The first-order chi connectivity index (χ1) is 34.2. The molecule has 2 N–H and O–H groups in total. The zero-order valence-corrected chi connectivity index (χ0v) is 43.1. The first-order valence-corrected chi connectivity index (χ1v) is 27.0. The zero-order chi connectivity index (χ0) is 49.3. The fraction of sp³-hybridized carbons (Fsp3) is 0.648. The molecule has 12 rings (SSSR count). The van der Waals surface area contributed by atoms with E-state index in [9.17, 15) is 9.59 Å². The van der Waals surface area contributed by atoms with Crippen LogP contribution in [0.5, 0.6) is 0 Å². The Balaban J connectivity index is 1.05. The number of nitrogens with zero attached hydrogens (tertiary/aromatic N) is 5. The third-order valence-electron chi connectivity index (χ3n) is 16.8. The summed E-state index contributed by atoms with van der Waals surface area (Å²) in [6, 6.07) is 8.21. The number of carbonyl (C=O) groups is 3. The Bertz CT molecular complexity index is 2640. The van der Waals surface area contributed by atoms with E-state index in [0.717, 1.165) is 76.8 Å². The number of esters is 1. The van der Waals surface area contributed by atoms with Crippen molar-refractivity contribution >= 4 is 40.0 Å². The highest BCUT2D eigenvalue weighted by Gasteiger charge is 2.68. The van der Waals surface area contributed by atoms with E-state index in [-0.39, 0.29) is 47.7 Å². The Hall–Kier alpha value is -4.33. The maximum atomic E-state index is 15.4. The third kappa shape index (κ3) is 9.14. The van der Waals surface area contributed by atoms with Crippen molar-refractivity contribution in [2.24, 2.45) is 10.8 Å². The van der Waals surface area contributed by atoms with Gasteiger partial charge in [-0.05, 0) is 108 Å². The van der Waals surface area contributed by atoms with Gasteiger partial charge in [0.05, 0.1) is 60.3 Å². The van der Waals surface area contributed by atoms with Gasteiger partial charge in [-0.3, -0.25) is 29.3 Å². The number of hydrogen-bond acceptors (Lipinski definition) is 14. The minimum atomic E-state index is -1.06. The summed E-state index contributed by atoms with van der Waals surface area (Å²) in [5, 5.41) is 8.69. The number of ether oxygens (including phenoxy) is 6. The van der Waals surface area contributed by atoms with Crippen molar-refractivity contribution in [3.05, 3.63) is 58.2 Å². The highest BCUT2D eigenvalue weighted by atomic mass is 32.1. The first kappa shape index (κ1) is 48.9. The number of amides is 2. The zero-order valence-electron chi connectivity index (χ0n) is 42.3. The van der Waals surface area contributed by atoms with Gasteiger partial charge in [-0.2, -0.15) is 0 Å². The summed E-state index contributed by atoms with van der Waals surface area (Å²) in [6.45, 7) is 15.4. The molecular formula is C54H71N7O9S. The predicted molar refractivity (Wildman–Crippen MR) is 267 cm³/mol. The van der Waals surface area contributed by atoms with Crippen molar-refractivity contribution in [3.63, 3.8) is 0 Å². The smallest absolute Gasteiger partial charge is 0.324 e. The molecule has 6 saturated heterocycles. The lowest BCUT2D eigenvalue weighted by Gasteiger charge is -2.55. The lowest BCUT2D eigenvalue weighted by atomic mass is 9.61. The molecule has 10 heterocycles. The van der Waals surface area contributed by atoms with Gasteiger partial charge in [-0.25, -0.2) is 10.4 Å². The van der Waals surface area contributed by atoms with Crippen molar-refractivity contribution in [2.75, 3.05) is 59.8 Å². The van der Waals surface area contributed by atoms with Gasteiger partial charge in [-0.1, -0.05) is 26.8 Å². The van der Waals surface area contributed by atoms with Crippen LogP contribution in [0.2, 0.25) is 0 Å². The Kier molecular flexibility index (Phi) is 13.2. The molecule has 8 bridgehead atoms. The molecule has 7 fully saturated rings. The van der Waals surface area contributed by atoms with Crippen molar-refractivity contribution < 1.29 is 42.8 Å². The number of hydrazine groups is 1. The summed E-state index contributed by atoms with van der Waals surface area (Å²) in [7, 11) is 1.71. The van der Waals surface area contributed by atoms with Crippen LogP contribution in [0.25, 0.3) is 33.4 Å². The van der Waals surface area contributed by atoms with Crippen LogP contribution in [0.1, 0.15) is 121 Å². The molecule has 3 aromatic heterocycles. The number of likely N-dealkylation sites (tertiary alicyclic amines) is 1. The van der Waals surface area contributed by atoms with Gasteiger partial charge >= 0.3 is 5.97 Å². The van der Waals surface area contributed by atoms with E-state index >= 15 is 4.79 Å². The molecule has 17 heteroatoms. The van der Waals surface area contributed by atoms with Crippen LogP contribution in [0.4, 0.5) is 0 Å². The molecule has 382 valence electrons. The fourth-order valence-electron chi connectivity index (χ4n) is 12.7. The molecule has 4 aromatic rings. The molecule has 0 unspecified atom stereocenters. The Labute approximate surface area is 420 Å². The van der Waals surface area contributed by atoms with Crippen molar-refractivity contribution in [1.82, 2.24) is 35.2 Å². The van der Waals surface area contributed by atoms with E-state index < -0.39 is 35.1 Å². The number of aromatic nitrogens is 3.